The fraction of sp³-hybridized carbons (Fsp3) is 0.429. The summed E-state index contributed by atoms with van der Waals surface area (Å²) in [5, 5.41) is 3.37. The molecule has 1 aromatic rings. The second-order valence-electron chi connectivity index (χ2n) is 2.46. The SMILES string of the molecule is CNCc1c(N)nc(C)nc1Cl. The molecule has 0 unspecified atom stereocenters. The minimum atomic E-state index is 0.425. The molecule has 0 bridgehead atoms. The van der Waals surface area contributed by atoms with Crippen LogP contribution in [0.3, 0.4) is 0 Å². The summed E-state index contributed by atoms with van der Waals surface area (Å²) >= 11 is 5.84. The molecule has 5 heteroatoms. The third kappa shape index (κ3) is 1.84. The van der Waals surface area contributed by atoms with E-state index in [0.717, 1.165) is 5.56 Å². The van der Waals surface area contributed by atoms with E-state index in [-0.39, 0.29) is 0 Å². The van der Waals surface area contributed by atoms with Crippen LogP contribution < -0.4 is 11.1 Å². The van der Waals surface area contributed by atoms with Crippen LogP contribution in [0, 0.1) is 6.92 Å². The highest BCUT2D eigenvalue weighted by Crippen LogP contribution is 2.17. The van der Waals surface area contributed by atoms with Gasteiger partial charge >= 0.3 is 0 Å². The molecule has 0 amide bonds. The number of aryl methyl sites for hydroxylation is 1. The molecule has 1 rings (SSSR count). The Labute approximate surface area is 76.2 Å². The van der Waals surface area contributed by atoms with Crippen molar-refractivity contribution in [2.45, 2.75) is 13.5 Å². The molecule has 0 aliphatic carbocycles. The molecule has 0 aromatic carbocycles. The van der Waals surface area contributed by atoms with Gasteiger partial charge in [-0.15, -0.1) is 0 Å². The van der Waals surface area contributed by atoms with Gasteiger partial charge in [-0.3, -0.25) is 0 Å². The van der Waals surface area contributed by atoms with Gasteiger partial charge in [0, 0.05) is 12.1 Å². The minimum absolute atomic E-state index is 0.425. The van der Waals surface area contributed by atoms with Crippen molar-refractivity contribution in [2.24, 2.45) is 0 Å². The molecule has 0 fully saturated rings. The van der Waals surface area contributed by atoms with E-state index in [1.807, 2.05) is 7.05 Å². The topological polar surface area (TPSA) is 63.8 Å². The molecule has 0 aliphatic heterocycles. The summed E-state index contributed by atoms with van der Waals surface area (Å²) in [4.78, 5) is 7.98. The van der Waals surface area contributed by atoms with Crippen molar-refractivity contribution in [3.63, 3.8) is 0 Å². The second kappa shape index (κ2) is 3.69. The zero-order valence-corrected chi connectivity index (χ0v) is 7.81. The third-order valence-electron chi connectivity index (χ3n) is 1.45. The lowest BCUT2D eigenvalue weighted by atomic mass is 10.3. The average Bonchev–Trinajstić information content (AvgIpc) is 1.96. The van der Waals surface area contributed by atoms with Gasteiger partial charge in [-0.1, -0.05) is 11.6 Å². The maximum atomic E-state index is 5.84. The van der Waals surface area contributed by atoms with Crippen molar-refractivity contribution in [1.29, 1.82) is 0 Å². The first-order chi connectivity index (χ1) is 5.65. The predicted octanol–water partition coefficient (Wildman–Crippen LogP) is 0.740. The maximum absolute atomic E-state index is 5.84. The number of hydrogen-bond donors (Lipinski definition) is 2. The number of hydrogen-bond acceptors (Lipinski definition) is 4. The van der Waals surface area contributed by atoms with Crippen molar-refractivity contribution in [3.8, 4) is 0 Å². The van der Waals surface area contributed by atoms with E-state index in [4.69, 9.17) is 17.3 Å². The summed E-state index contributed by atoms with van der Waals surface area (Å²) in [5.74, 6) is 1.04. The highest BCUT2D eigenvalue weighted by molar-refractivity contribution is 6.30. The van der Waals surface area contributed by atoms with E-state index < -0.39 is 0 Å². The Morgan fingerprint density at radius 2 is 2.17 bits per heavy atom. The number of nitrogens with zero attached hydrogens (tertiary/aromatic N) is 2. The van der Waals surface area contributed by atoms with Gasteiger partial charge in [0.15, 0.2) is 0 Å². The summed E-state index contributed by atoms with van der Waals surface area (Å²) in [5.41, 5.74) is 6.39. The summed E-state index contributed by atoms with van der Waals surface area (Å²) in [6.07, 6.45) is 0. The van der Waals surface area contributed by atoms with E-state index in [0.29, 0.717) is 23.3 Å². The lowest BCUT2D eigenvalue weighted by Gasteiger charge is -2.06. The van der Waals surface area contributed by atoms with Crippen LogP contribution in [0.15, 0.2) is 0 Å². The molecule has 0 aliphatic rings. The zero-order chi connectivity index (χ0) is 9.14. The second-order valence-corrected chi connectivity index (χ2v) is 2.81. The smallest absolute Gasteiger partial charge is 0.139 e. The van der Waals surface area contributed by atoms with E-state index in [9.17, 15) is 0 Å². The van der Waals surface area contributed by atoms with E-state index in [1.165, 1.54) is 0 Å². The van der Waals surface area contributed by atoms with Crippen LogP contribution in [0.1, 0.15) is 11.4 Å². The normalized spacial score (nSPS) is 10.2. The number of aromatic nitrogens is 2. The van der Waals surface area contributed by atoms with Crippen LogP contribution in [0.25, 0.3) is 0 Å². The lowest BCUT2D eigenvalue weighted by Crippen LogP contribution is -2.11. The van der Waals surface area contributed by atoms with E-state index in [1.54, 1.807) is 6.92 Å². The van der Waals surface area contributed by atoms with E-state index in [2.05, 4.69) is 15.3 Å². The molecule has 1 aromatic heterocycles. The van der Waals surface area contributed by atoms with Crippen LogP contribution in [-0.4, -0.2) is 17.0 Å². The largest absolute Gasteiger partial charge is 0.383 e. The fourth-order valence-electron chi connectivity index (χ4n) is 0.922. The molecule has 0 radical (unpaired) electrons. The van der Waals surface area contributed by atoms with Crippen molar-refractivity contribution in [2.75, 3.05) is 12.8 Å². The summed E-state index contributed by atoms with van der Waals surface area (Å²) in [6.45, 7) is 2.34. The molecule has 0 spiro atoms. The van der Waals surface area contributed by atoms with Gasteiger partial charge in [0.1, 0.15) is 16.8 Å². The van der Waals surface area contributed by atoms with Gasteiger partial charge in [0.05, 0.1) is 0 Å². The van der Waals surface area contributed by atoms with Crippen LogP contribution in [0.4, 0.5) is 5.82 Å². The molecule has 0 atom stereocenters. The van der Waals surface area contributed by atoms with E-state index >= 15 is 0 Å². The Morgan fingerprint density at radius 3 is 2.67 bits per heavy atom. The molecule has 3 N–H and O–H groups in total. The summed E-state index contributed by atoms with van der Waals surface area (Å²) < 4.78 is 0. The first kappa shape index (κ1) is 9.22. The number of nitrogen functional groups attached to an aromatic ring is 1. The number of nitrogens with two attached hydrogens (primary N) is 1. The number of anilines is 1. The molecule has 4 nitrogen and oxygen atoms in total. The Bertz CT molecular complexity index is 264. The highest BCUT2D eigenvalue weighted by Gasteiger charge is 2.07. The van der Waals surface area contributed by atoms with Crippen molar-refractivity contribution < 1.29 is 0 Å². The molecular weight excluding hydrogens is 176 g/mol. The highest BCUT2D eigenvalue weighted by atomic mass is 35.5. The molecule has 1 heterocycles. The average molecular weight is 187 g/mol. The number of halogens is 1. The fourth-order valence-corrected chi connectivity index (χ4v) is 1.21. The lowest BCUT2D eigenvalue weighted by molar-refractivity contribution is 0.806. The monoisotopic (exact) mass is 186 g/mol. The zero-order valence-electron chi connectivity index (χ0n) is 7.06. The van der Waals surface area contributed by atoms with Gasteiger partial charge in [-0.05, 0) is 14.0 Å². The molecule has 0 saturated heterocycles. The van der Waals surface area contributed by atoms with Crippen molar-refractivity contribution in [3.05, 3.63) is 16.5 Å². The van der Waals surface area contributed by atoms with Gasteiger partial charge in [0.2, 0.25) is 0 Å². The first-order valence-corrected chi connectivity index (χ1v) is 3.96. The summed E-state index contributed by atoms with van der Waals surface area (Å²) in [6, 6.07) is 0. The predicted molar refractivity (Wildman–Crippen MR) is 49.0 cm³/mol. The van der Waals surface area contributed by atoms with Crippen LogP contribution in [-0.2, 0) is 6.54 Å². The maximum Gasteiger partial charge on any atom is 0.139 e. The Balaban J connectivity index is 3.10. The summed E-state index contributed by atoms with van der Waals surface area (Å²) in [7, 11) is 1.82. The van der Waals surface area contributed by atoms with Gasteiger partial charge in [0.25, 0.3) is 0 Å². The quantitative estimate of drug-likeness (QED) is 0.669. The molecule has 0 saturated carbocycles. The Kier molecular flexibility index (Phi) is 2.83. The Morgan fingerprint density at radius 1 is 1.50 bits per heavy atom. The Hall–Kier alpha value is -0.870. The number of nitrogens with one attached hydrogen (secondary N) is 1. The molecular formula is C7H11ClN4. The molecule has 66 valence electrons. The molecule has 12 heavy (non-hydrogen) atoms. The van der Waals surface area contributed by atoms with Crippen LogP contribution in [0.2, 0.25) is 5.15 Å². The standard InChI is InChI=1S/C7H11ClN4/c1-4-11-6(8)5(3-10-2)7(9)12-4/h10H,3H2,1-2H3,(H2,9,11,12). The van der Waals surface area contributed by atoms with Gasteiger partial charge in [-0.25, -0.2) is 9.97 Å². The first-order valence-electron chi connectivity index (χ1n) is 3.58. The number of rotatable bonds is 2. The van der Waals surface area contributed by atoms with Crippen molar-refractivity contribution >= 4 is 17.4 Å². The minimum Gasteiger partial charge on any atom is -0.383 e. The van der Waals surface area contributed by atoms with Gasteiger partial charge in [-0.2, -0.15) is 0 Å². The van der Waals surface area contributed by atoms with Gasteiger partial charge < -0.3 is 11.1 Å². The van der Waals surface area contributed by atoms with Crippen LogP contribution >= 0.6 is 11.6 Å². The van der Waals surface area contributed by atoms with Crippen molar-refractivity contribution in [1.82, 2.24) is 15.3 Å². The third-order valence-corrected chi connectivity index (χ3v) is 1.77. The van der Waals surface area contributed by atoms with Crippen LogP contribution in [0.5, 0.6) is 0 Å².